The molecule has 10 nitrogen and oxygen atoms in total. The van der Waals surface area contributed by atoms with Crippen molar-refractivity contribution in [3.05, 3.63) is 53.3 Å². The van der Waals surface area contributed by atoms with Gasteiger partial charge in [-0.15, -0.1) is 0 Å². The predicted octanol–water partition coefficient (Wildman–Crippen LogP) is 8.80. The van der Waals surface area contributed by atoms with Crippen LogP contribution in [0.25, 0.3) is 5.57 Å². The number of hydrogen-bond acceptors (Lipinski definition) is 8. The standard InChI is InChI=1S/C40H58N2O8/c1-3-5-7-9-11-13-23-41(24-14-12-10-8-6-4-2)30-21-19-29(20-22-30)36-39(49)38(40(36)50)37-32(43)27-31(28-33(37)44)42(25-15-17-34(45)46)26-16-18-35(47)48/h19-22,27-28,38,43-44,49H,3-18,23-26H2,1-2H3,(H,45,46)(H,47,48). The molecule has 1 unspecified atom stereocenters. The number of aliphatic hydroxyl groups excluding tert-OH is 1. The molecule has 0 saturated carbocycles. The van der Waals surface area contributed by atoms with Gasteiger partial charge < -0.3 is 35.3 Å². The molecule has 1 atom stereocenters. The number of carbonyl (C=O) groups is 3. The summed E-state index contributed by atoms with van der Waals surface area (Å²) in [4.78, 5) is 39.6. The van der Waals surface area contributed by atoms with Crippen LogP contribution in [0.2, 0.25) is 0 Å². The van der Waals surface area contributed by atoms with Gasteiger partial charge in [0, 0.05) is 62.5 Å². The highest BCUT2D eigenvalue weighted by Gasteiger charge is 2.44. The summed E-state index contributed by atoms with van der Waals surface area (Å²) in [5.74, 6) is -4.57. The SMILES string of the molecule is CCCCCCCCN(CCCCCCCC)c1ccc(C2=C(O)C(c3c(O)cc(N(CCCC(=O)O)CCCC(=O)O)cc3O)C2=O)cc1. The first kappa shape index (κ1) is 40.2. The number of ketones is 1. The minimum atomic E-state index is -1.22. The Balaban J connectivity index is 1.75. The number of phenolic OH excluding ortho intramolecular Hbond substituents is 2. The maximum atomic E-state index is 13.5. The third kappa shape index (κ3) is 12.0. The number of rotatable bonds is 26. The lowest BCUT2D eigenvalue weighted by molar-refractivity contribution is -0.138. The highest BCUT2D eigenvalue weighted by atomic mass is 16.4. The quantitative estimate of drug-likeness (QED) is 0.0603. The normalized spacial score (nSPS) is 14.1. The Bertz CT molecular complexity index is 1360. The van der Waals surface area contributed by atoms with Gasteiger partial charge in [0.25, 0.3) is 0 Å². The molecule has 0 heterocycles. The van der Waals surface area contributed by atoms with Gasteiger partial charge in [-0.3, -0.25) is 14.4 Å². The van der Waals surface area contributed by atoms with Crippen LogP contribution in [0, 0.1) is 0 Å². The third-order valence-corrected chi connectivity index (χ3v) is 9.53. The molecule has 2 aromatic carbocycles. The van der Waals surface area contributed by atoms with Crippen molar-refractivity contribution in [3.63, 3.8) is 0 Å². The maximum Gasteiger partial charge on any atom is 0.303 e. The van der Waals surface area contributed by atoms with Gasteiger partial charge >= 0.3 is 11.9 Å². The molecule has 0 bridgehead atoms. The Morgan fingerprint density at radius 1 is 0.600 bits per heavy atom. The number of aliphatic carboxylic acids is 2. The number of nitrogens with zero attached hydrogens (tertiary/aromatic N) is 2. The molecule has 1 aliphatic carbocycles. The molecule has 3 rings (SSSR count). The summed E-state index contributed by atoms with van der Waals surface area (Å²) in [6.45, 7) is 6.91. The molecular weight excluding hydrogens is 636 g/mol. The van der Waals surface area contributed by atoms with Crippen LogP contribution < -0.4 is 9.80 Å². The van der Waals surface area contributed by atoms with Gasteiger partial charge in [0.05, 0.1) is 11.1 Å². The second kappa shape index (κ2) is 21.1. The molecule has 0 aromatic heterocycles. The molecule has 0 aliphatic heterocycles. The van der Waals surface area contributed by atoms with Gasteiger partial charge in [-0.25, -0.2) is 0 Å². The summed E-state index contributed by atoms with van der Waals surface area (Å²) in [5.41, 5.74) is 2.08. The smallest absolute Gasteiger partial charge is 0.303 e. The van der Waals surface area contributed by atoms with Crippen LogP contribution in [0.15, 0.2) is 42.2 Å². The number of allylic oxidation sites excluding steroid dienone is 2. The number of carboxylic acids is 2. The highest BCUT2D eigenvalue weighted by molar-refractivity contribution is 6.32. The monoisotopic (exact) mass is 694 g/mol. The fourth-order valence-corrected chi connectivity index (χ4v) is 6.69. The topological polar surface area (TPSA) is 159 Å². The van der Waals surface area contributed by atoms with E-state index in [1.54, 1.807) is 4.90 Å². The summed E-state index contributed by atoms with van der Waals surface area (Å²) < 4.78 is 0. The number of unbranched alkanes of at least 4 members (excludes halogenated alkanes) is 10. The molecule has 276 valence electrons. The summed E-state index contributed by atoms with van der Waals surface area (Å²) in [7, 11) is 0. The second-order valence-electron chi connectivity index (χ2n) is 13.5. The molecular formula is C40H58N2O8. The van der Waals surface area contributed by atoms with Gasteiger partial charge in [0.2, 0.25) is 0 Å². The molecule has 5 N–H and O–H groups in total. The summed E-state index contributed by atoms with van der Waals surface area (Å²) in [5, 5.41) is 51.1. The first-order valence-corrected chi connectivity index (χ1v) is 18.7. The van der Waals surface area contributed by atoms with Crippen LogP contribution in [0.4, 0.5) is 11.4 Å². The van der Waals surface area contributed by atoms with Crippen molar-refractivity contribution in [2.45, 2.75) is 122 Å². The zero-order valence-corrected chi connectivity index (χ0v) is 30.0. The molecule has 0 amide bonds. The Morgan fingerprint density at radius 2 is 1.02 bits per heavy atom. The first-order chi connectivity index (χ1) is 24.1. The number of carboxylic acid groups (broad SMARTS) is 2. The van der Waals surface area contributed by atoms with E-state index in [1.807, 2.05) is 24.3 Å². The van der Waals surface area contributed by atoms with Crippen LogP contribution in [-0.4, -0.2) is 69.4 Å². The van der Waals surface area contributed by atoms with E-state index in [-0.39, 0.29) is 67.2 Å². The van der Waals surface area contributed by atoms with Crippen LogP contribution in [0.3, 0.4) is 0 Å². The maximum absolute atomic E-state index is 13.5. The molecule has 1 aliphatic rings. The number of carbonyl (C=O) groups excluding carboxylic acids is 1. The number of aromatic hydroxyl groups is 2. The lowest BCUT2D eigenvalue weighted by atomic mass is 9.74. The van der Waals surface area contributed by atoms with E-state index < -0.39 is 23.6 Å². The number of aliphatic hydroxyl groups is 1. The Kier molecular flexibility index (Phi) is 17.0. The fraction of sp³-hybridized carbons (Fsp3) is 0.575. The molecule has 0 spiro atoms. The molecule has 2 aromatic rings. The van der Waals surface area contributed by atoms with Gasteiger partial charge in [-0.1, -0.05) is 90.2 Å². The van der Waals surface area contributed by atoms with E-state index in [2.05, 4.69) is 18.7 Å². The second-order valence-corrected chi connectivity index (χ2v) is 13.5. The Morgan fingerprint density at radius 3 is 1.46 bits per heavy atom. The first-order valence-electron chi connectivity index (χ1n) is 18.7. The summed E-state index contributed by atoms with van der Waals surface area (Å²) >= 11 is 0. The van der Waals surface area contributed by atoms with E-state index in [0.29, 0.717) is 11.3 Å². The van der Waals surface area contributed by atoms with E-state index in [1.165, 1.54) is 76.3 Å². The average Bonchev–Trinajstić information content (AvgIpc) is 3.07. The Hall–Kier alpha value is -4.21. The number of Topliss-reactive ketones (excluding diaryl/α,β-unsaturated/α-hetero) is 1. The Labute approximate surface area is 297 Å². The average molecular weight is 695 g/mol. The van der Waals surface area contributed by atoms with Crippen molar-refractivity contribution in [2.75, 3.05) is 36.0 Å². The van der Waals surface area contributed by atoms with E-state index in [0.717, 1.165) is 31.6 Å². The fourth-order valence-electron chi connectivity index (χ4n) is 6.69. The van der Waals surface area contributed by atoms with E-state index in [9.17, 15) is 29.7 Å². The molecule has 0 radical (unpaired) electrons. The summed E-state index contributed by atoms with van der Waals surface area (Å²) in [6, 6.07) is 10.4. The number of phenols is 2. The number of hydrogen-bond donors (Lipinski definition) is 5. The number of benzene rings is 2. The van der Waals surface area contributed by atoms with Crippen molar-refractivity contribution in [1.82, 2.24) is 0 Å². The van der Waals surface area contributed by atoms with Gasteiger partial charge in [-0.2, -0.15) is 0 Å². The highest BCUT2D eigenvalue weighted by Crippen LogP contribution is 2.49. The molecule has 50 heavy (non-hydrogen) atoms. The molecule has 0 saturated heterocycles. The minimum absolute atomic E-state index is 0.0965. The molecule has 0 fully saturated rings. The zero-order chi connectivity index (χ0) is 36.5. The van der Waals surface area contributed by atoms with Crippen LogP contribution >= 0.6 is 0 Å². The minimum Gasteiger partial charge on any atom is -0.510 e. The van der Waals surface area contributed by atoms with Crippen molar-refractivity contribution < 1.29 is 39.9 Å². The van der Waals surface area contributed by atoms with Crippen LogP contribution in [0.1, 0.15) is 134 Å². The third-order valence-electron chi connectivity index (χ3n) is 9.53. The van der Waals surface area contributed by atoms with Crippen molar-refractivity contribution >= 4 is 34.7 Å². The number of anilines is 2. The van der Waals surface area contributed by atoms with Crippen molar-refractivity contribution in [3.8, 4) is 11.5 Å². The van der Waals surface area contributed by atoms with E-state index >= 15 is 0 Å². The summed E-state index contributed by atoms with van der Waals surface area (Å²) in [6.07, 6.45) is 15.1. The van der Waals surface area contributed by atoms with Crippen molar-refractivity contribution in [1.29, 1.82) is 0 Å². The van der Waals surface area contributed by atoms with Gasteiger partial charge in [0.1, 0.15) is 23.2 Å². The van der Waals surface area contributed by atoms with Crippen LogP contribution in [-0.2, 0) is 14.4 Å². The molecule has 10 heteroatoms. The largest absolute Gasteiger partial charge is 0.510 e. The van der Waals surface area contributed by atoms with Crippen molar-refractivity contribution in [2.24, 2.45) is 0 Å². The predicted molar refractivity (Wildman–Crippen MR) is 198 cm³/mol. The zero-order valence-electron chi connectivity index (χ0n) is 30.0. The van der Waals surface area contributed by atoms with Crippen LogP contribution in [0.5, 0.6) is 11.5 Å². The van der Waals surface area contributed by atoms with E-state index in [4.69, 9.17) is 10.2 Å². The van der Waals surface area contributed by atoms with Gasteiger partial charge in [-0.05, 0) is 43.4 Å². The lowest BCUT2D eigenvalue weighted by Crippen LogP contribution is -2.29. The lowest BCUT2D eigenvalue weighted by Gasteiger charge is -2.31. The van der Waals surface area contributed by atoms with Gasteiger partial charge in [0.15, 0.2) is 5.78 Å².